The Bertz CT molecular complexity index is 1620. The van der Waals surface area contributed by atoms with Crippen LogP contribution in [0.15, 0.2) is 97.2 Å². The van der Waals surface area contributed by atoms with E-state index in [0.29, 0.717) is 12.8 Å². The second-order valence-corrected chi connectivity index (χ2v) is 18.3. The summed E-state index contributed by atoms with van der Waals surface area (Å²) in [6.45, 7) is 2.37. The molecule has 4 unspecified atom stereocenters. The fraction of sp³-hybridized carbons (Fsp3) is 0.684. The van der Waals surface area contributed by atoms with Gasteiger partial charge in [-0.15, -0.1) is 0 Å². The minimum atomic E-state index is -1.78. The van der Waals surface area contributed by atoms with Crippen LogP contribution in [0.5, 0.6) is 0 Å². The smallest absolute Gasteiger partial charge is 0.306 e. The van der Waals surface area contributed by atoms with Crippen LogP contribution in [-0.4, -0.2) is 142 Å². The molecule has 0 spiro atoms. The summed E-state index contributed by atoms with van der Waals surface area (Å²) in [5.74, 6) is -0.997. The van der Waals surface area contributed by atoms with Crippen LogP contribution in [0, 0.1) is 0 Å². The highest BCUT2D eigenvalue weighted by Crippen LogP contribution is 2.26. The average molecular weight is 1020 g/mol. The van der Waals surface area contributed by atoms with Crippen LogP contribution in [0.4, 0.5) is 0 Å². The molecule has 2 aliphatic rings. The van der Waals surface area contributed by atoms with Crippen LogP contribution in [0.2, 0.25) is 0 Å². The zero-order valence-corrected chi connectivity index (χ0v) is 43.4. The molecular weight excluding hydrogens is 925 g/mol. The Hall–Kier alpha value is -3.58. The largest absolute Gasteiger partial charge is 0.462 e. The van der Waals surface area contributed by atoms with Gasteiger partial charge in [-0.3, -0.25) is 9.59 Å². The fourth-order valence-corrected chi connectivity index (χ4v) is 7.66. The fourth-order valence-electron chi connectivity index (χ4n) is 7.66. The number of esters is 2. The molecule has 2 aliphatic heterocycles. The molecule has 0 aromatic heterocycles. The monoisotopic (exact) mass is 1020 g/mol. The van der Waals surface area contributed by atoms with E-state index in [1.54, 1.807) is 0 Å². The Kier molecular flexibility index (Phi) is 38.3. The zero-order valence-electron chi connectivity index (χ0n) is 43.4. The van der Waals surface area contributed by atoms with Crippen molar-refractivity contribution in [3.05, 3.63) is 97.2 Å². The highest BCUT2D eigenvalue weighted by atomic mass is 16.7. The molecule has 0 saturated carbocycles. The molecule has 0 radical (unpaired) electrons. The van der Waals surface area contributed by atoms with Crippen molar-refractivity contribution >= 4 is 11.9 Å². The molecule has 2 rings (SSSR count). The molecule has 2 heterocycles. The number of aliphatic hydroxyl groups is 7. The maximum Gasteiger partial charge on any atom is 0.306 e. The molecule has 0 amide bonds. The van der Waals surface area contributed by atoms with Gasteiger partial charge in [0.2, 0.25) is 0 Å². The van der Waals surface area contributed by atoms with Gasteiger partial charge in [0.25, 0.3) is 0 Å². The van der Waals surface area contributed by atoms with Crippen molar-refractivity contribution in [2.45, 2.75) is 223 Å². The summed E-state index contributed by atoms with van der Waals surface area (Å²) in [4.78, 5) is 25.8. The van der Waals surface area contributed by atoms with Gasteiger partial charge in [0.15, 0.2) is 18.7 Å². The number of allylic oxidation sites excluding steroid dienone is 16. The van der Waals surface area contributed by atoms with Crippen LogP contribution >= 0.6 is 0 Å². The van der Waals surface area contributed by atoms with E-state index in [9.17, 15) is 45.3 Å². The van der Waals surface area contributed by atoms with Gasteiger partial charge >= 0.3 is 11.9 Å². The molecule has 7 N–H and O–H groups in total. The van der Waals surface area contributed by atoms with E-state index in [1.807, 2.05) is 0 Å². The first kappa shape index (κ1) is 64.5. The quantitative estimate of drug-likeness (QED) is 0.0174. The first-order valence-electron chi connectivity index (χ1n) is 26.8. The summed E-state index contributed by atoms with van der Waals surface area (Å²) in [7, 11) is 0. The summed E-state index contributed by atoms with van der Waals surface area (Å²) in [5, 5.41) is 72.2. The number of carbonyl (C=O) groups excluding carboxylic acids is 2. The molecule has 0 aromatic rings. The predicted molar refractivity (Wildman–Crippen MR) is 279 cm³/mol. The SMILES string of the molecule is CC/C=C/C/C=C/C/C=C/C/C=C/C/C=C/CCCCCC(=O)OC[C@@H](CO[C@@H]1O[C@H](CO[C@@H]2O[C@H](CO)[C@H](O)C(O)C2O)[C@H](O)C(O)C1O)OC(=O)CCCCCC/C=C/C/C=C/C/C=C/CCCCC. The third kappa shape index (κ3) is 30.0. The highest BCUT2D eigenvalue weighted by Gasteiger charge is 2.47. The number of aliphatic hydroxyl groups excluding tert-OH is 7. The Balaban J connectivity index is 1.83. The number of hydrogen-bond acceptors (Lipinski definition) is 15. The van der Waals surface area contributed by atoms with Gasteiger partial charge < -0.3 is 64.2 Å². The molecular formula is C57H92O15. The number of unbranched alkanes of at least 4 members (excludes halogenated alkanes) is 10. The highest BCUT2D eigenvalue weighted by molar-refractivity contribution is 5.70. The minimum absolute atomic E-state index is 0.126. The molecule has 72 heavy (non-hydrogen) atoms. The molecule has 410 valence electrons. The molecule has 2 saturated heterocycles. The van der Waals surface area contributed by atoms with Crippen molar-refractivity contribution in [2.75, 3.05) is 26.4 Å². The predicted octanol–water partition coefficient (Wildman–Crippen LogP) is 8.15. The van der Waals surface area contributed by atoms with E-state index in [0.717, 1.165) is 96.3 Å². The lowest BCUT2D eigenvalue weighted by molar-refractivity contribution is -0.332. The van der Waals surface area contributed by atoms with Crippen molar-refractivity contribution in [1.29, 1.82) is 0 Å². The zero-order chi connectivity index (χ0) is 52.4. The van der Waals surface area contributed by atoms with Crippen LogP contribution in [0.1, 0.15) is 155 Å². The Morgan fingerprint density at radius 2 is 0.875 bits per heavy atom. The van der Waals surface area contributed by atoms with Crippen molar-refractivity contribution in [3.63, 3.8) is 0 Å². The number of hydrogen-bond donors (Lipinski definition) is 7. The first-order chi connectivity index (χ1) is 35.0. The third-order valence-corrected chi connectivity index (χ3v) is 12.0. The molecule has 15 heteroatoms. The Morgan fingerprint density at radius 1 is 0.458 bits per heavy atom. The minimum Gasteiger partial charge on any atom is -0.462 e. The molecule has 0 aliphatic carbocycles. The second-order valence-electron chi connectivity index (χ2n) is 18.3. The van der Waals surface area contributed by atoms with Crippen molar-refractivity contribution < 1.29 is 73.8 Å². The summed E-state index contributed by atoms with van der Waals surface area (Å²) in [5.41, 5.74) is 0. The standard InChI is InChI=1S/C57H92O15/c1-3-5-7-9-11-13-15-17-19-21-22-24-25-27-29-31-33-35-37-39-48(59)67-42-45(70-49(60)40-38-36-34-32-30-28-26-23-20-18-16-14-12-10-8-6-4-2)43-68-56-55(66)53(64)51(62)47(72-56)44-69-57-54(65)52(63)50(61)46(41-58)71-57/h5,7,11-14,17-20,22,24,26-29,45-47,50-58,61-66H,3-4,6,8-10,15-16,21,23,25,30-44H2,1-2H3/b7-5+,13-11+,14-12+,19-17+,20-18+,24-22+,28-26+,29-27+/t45-,46+,47+,50-,51-,52?,53?,54?,55?,56+,57+/m0/s1. The van der Waals surface area contributed by atoms with Crippen LogP contribution in [-0.2, 0) is 38.0 Å². The van der Waals surface area contributed by atoms with E-state index in [4.69, 9.17) is 28.4 Å². The van der Waals surface area contributed by atoms with Crippen LogP contribution in [0.25, 0.3) is 0 Å². The van der Waals surface area contributed by atoms with E-state index >= 15 is 0 Å². The lowest BCUT2D eigenvalue weighted by Gasteiger charge is -2.42. The van der Waals surface area contributed by atoms with E-state index < -0.39 is 99.3 Å². The van der Waals surface area contributed by atoms with E-state index in [2.05, 4.69) is 111 Å². The van der Waals surface area contributed by atoms with Gasteiger partial charge in [-0.1, -0.05) is 143 Å². The van der Waals surface area contributed by atoms with Gasteiger partial charge in [-0.2, -0.15) is 0 Å². The topological polar surface area (TPSA) is 231 Å². The van der Waals surface area contributed by atoms with E-state index in [1.165, 1.54) is 19.3 Å². The second kappa shape index (κ2) is 42.7. The lowest BCUT2D eigenvalue weighted by Crippen LogP contribution is -2.61. The third-order valence-electron chi connectivity index (χ3n) is 12.0. The van der Waals surface area contributed by atoms with Crippen molar-refractivity contribution in [3.8, 4) is 0 Å². The van der Waals surface area contributed by atoms with Gasteiger partial charge in [0, 0.05) is 12.8 Å². The summed E-state index contributed by atoms with van der Waals surface area (Å²) in [6, 6.07) is 0. The first-order valence-corrected chi connectivity index (χ1v) is 26.8. The van der Waals surface area contributed by atoms with Gasteiger partial charge in [0.1, 0.15) is 55.4 Å². The van der Waals surface area contributed by atoms with Crippen molar-refractivity contribution in [2.24, 2.45) is 0 Å². The van der Waals surface area contributed by atoms with Crippen molar-refractivity contribution in [1.82, 2.24) is 0 Å². The van der Waals surface area contributed by atoms with Gasteiger partial charge in [0.05, 0.1) is 19.8 Å². The van der Waals surface area contributed by atoms with Crippen LogP contribution in [0.3, 0.4) is 0 Å². The van der Waals surface area contributed by atoms with Gasteiger partial charge in [-0.25, -0.2) is 0 Å². The summed E-state index contributed by atoms with van der Waals surface area (Å²) >= 11 is 0. The molecule has 11 atom stereocenters. The normalized spacial score (nSPS) is 25.8. The molecule has 2 fully saturated rings. The average Bonchev–Trinajstić information content (AvgIpc) is 3.37. The molecule has 15 nitrogen and oxygen atoms in total. The lowest BCUT2D eigenvalue weighted by atomic mass is 9.98. The number of carbonyl (C=O) groups is 2. The number of ether oxygens (including phenoxy) is 6. The summed E-state index contributed by atoms with van der Waals surface area (Å²) < 4.78 is 33.6. The maximum atomic E-state index is 13.0. The molecule has 0 aromatic carbocycles. The summed E-state index contributed by atoms with van der Waals surface area (Å²) in [6.07, 6.45) is 37.1. The van der Waals surface area contributed by atoms with E-state index in [-0.39, 0.29) is 19.4 Å². The van der Waals surface area contributed by atoms with Crippen LogP contribution < -0.4 is 0 Å². The maximum absolute atomic E-state index is 13.0. The van der Waals surface area contributed by atoms with Gasteiger partial charge in [-0.05, 0) is 96.3 Å². The molecule has 0 bridgehead atoms. The Labute approximate surface area is 430 Å². The Morgan fingerprint density at radius 3 is 1.38 bits per heavy atom. The number of rotatable bonds is 40.